The predicted molar refractivity (Wildman–Crippen MR) is 50.2 cm³/mol. The second-order valence-electron chi connectivity index (χ2n) is 2.88. The number of rotatable bonds is 1. The molecule has 2 nitrogen and oxygen atoms in total. The highest BCUT2D eigenvalue weighted by atomic mass is 15.0. The van der Waals surface area contributed by atoms with Crippen LogP contribution in [-0.4, -0.2) is 17.4 Å². The Labute approximate surface area is 72.6 Å². The molecule has 0 saturated heterocycles. The molecule has 58 valence electrons. The maximum atomic E-state index is 5.51. The minimum atomic E-state index is 0.576. The Morgan fingerprint density at radius 1 is 1.50 bits per heavy atom. The number of imidazole rings is 1. The summed E-state index contributed by atoms with van der Waals surface area (Å²) in [6.45, 7) is 0. The quantitative estimate of drug-likeness (QED) is 0.568. The molecule has 0 saturated carbocycles. The fraction of sp³-hybridized carbons (Fsp3) is 0.222. The van der Waals surface area contributed by atoms with E-state index < -0.39 is 0 Å². The third kappa shape index (κ3) is 1.02. The third-order valence-electron chi connectivity index (χ3n) is 2.03. The largest absolute Gasteiger partial charge is 0.334 e. The molecule has 3 heteroatoms. The lowest BCUT2D eigenvalue weighted by molar-refractivity contribution is 0.947. The summed E-state index contributed by atoms with van der Waals surface area (Å²) in [4.78, 5) is 4.23. The van der Waals surface area contributed by atoms with E-state index in [1.165, 1.54) is 0 Å². The molecule has 1 aromatic heterocycles. The van der Waals surface area contributed by atoms with Crippen LogP contribution in [0.1, 0.15) is 5.56 Å². The molecule has 2 rings (SSSR count). The number of aryl methyl sites for hydroxylation is 1. The van der Waals surface area contributed by atoms with Crippen LogP contribution in [0.2, 0.25) is 0 Å². The van der Waals surface area contributed by atoms with Gasteiger partial charge in [0, 0.05) is 7.05 Å². The van der Waals surface area contributed by atoms with E-state index in [1.54, 1.807) is 0 Å². The monoisotopic (exact) mass is 156 g/mol. The van der Waals surface area contributed by atoms with Gasteiger partial charge in [0.25, 0.3) is 0 Å². The smallest absolute Gasteiger partial charge is 0.0955 e. The minimum absolute atomic E-state index is 0.576. The average molecular weight is 156 g/mol. The molecule has 0 aliphatic carbocycles. The predicted octanol–water partition coefficient (Wildman–Crippen LogP) is 1.24. The molecule has 1 aromatic carbocycles. The first-order valence-corrected chi connectivity index (χ1v) is 3.91. The molecule has 2 radical (unpaired) electrons. The van der Waals surface area contributed by atoms with Crippen LogP contribution in [0.4, 0.5) is 0 Å². The summed E-state index contributed by atoms with van der Waals surface area (Å²) >= 11 is 0. The van der Waals surface area contributed by atoms with Gasteiger partial charge in [-0.15, -0.1) is 0 Å². The van der Waals surface area contributed by atoms with Gasteiger partial charge in [-0.3, -0.25) is 0 Å². The molecule has 1 heterocycles. The fourth-order valence-corrected chi connectivity index (χ4v) is 1.31. The van der Waals surface area contributed by atoms with Crippen molar-refractivity contribution in [2.75, 3.05) is 0 Å². The van der Waals surface area contributed by atoms with Crippen LogP contribution in [0.25, 0.3) is 11.0 Å². The van der Waals surface area contributed by atoms with Crippen molar-refractivity contribution in [2.45, 2.75) is 6.32 Å². The molecule has 2 aromatic rings. The standard InChI is InChI=1S/C9H9BN2/c1-12-6-11-8-4-7(5-10)2-3-9(8)12/h2-4,6H,5H2,1H3. The van der Waals surface area contributed by atoms with Crippen LogP contribution < -0.4 is 0 Å². The van der Waals surface area contributed by atoms with E-state index in [-0.39, 0.29) is 0 Å². The molecule has 0 amide bonds. The summed E-state index contributed by atoms with van der Waals surface area (Å²) in [6.07, 6.45) is 2.39. The zero-order valence-corrected chi connectivity index (χ0v) is 6.99. The van der Waals surface area contributed by atoms with Crippen molar-refractivity contribution in [1.82, 2.24) is 9.55 Å². The summed E-state index contributed by atoms with van der Waals surface area (Å²) < 4.78 is 2.00. The second-order valence-corrected chi connectivity index (χ2v) is 2.88. The maximum absolute atomic E-state index is 5.51. The molecule has 0 N–H and O–H groups in total. The Kier molecular flexibility index (Phi) is 1.64. The van der Waals surface area contributed by atoms with E-state index in [4.69, 9.17) is 7.85 Å². The van der Waals surface area contributed by atoms with Gasteiger partial charge in [0.2, 0.25) is 0 Å². The van der Waals surface area contributed by atoms with Gasteiger partial charge < -0.3 is 4.57 Å². The number of benzene rings is 1. The summed E-state index contributed by atoms with van der Waals surface area (Å²) in [7, 11) is 7.50. The highest BCUT2D eigenvalue weighted by Crippen LogP contribution is 2.13. The van der Waals surface area contributed by atoms with Gasteiger partial charge in [-0.1, -0.05) is 17.9 Å². The van der Waals surface area contributed by atoms with Crippen molar-refractivity contribution in [1.29, 1.82) is 0 Å². The molecule has 0 spiro atoms. The van der Waals surface area contributed by atoms with Crippen molar-refractivity contribution in [2.24, 2.45) is 7.05 Å². The van der Waals surface area contributed by atoms with Crippen LogP contribution in [0.3, 0.4) is 0 Å². The van der Waals surface area contributed by atoms with Crippen LogP contribution in [0.15, 0.2) is 24.5 Å². The third-order valence-corrected chi connectivity index (χ3v) is 2.03. The van der Waals surface area contributed by atoms with E-state index in [0.717, 1.165) is 16.6 Å². The molecule has 0 fully saturated rings. The van der Waals surface area contributed by atoms with E-state index in [9.17, 15) is 0 Å². The zero-order chi connectivity index (χ0) is 8.55. The molecule has 0 atom stereocenters. The normalized spacial score (nSPS) is 10.8. The molecule has 0 unspecified atom stereocenters. The molecule has 0 aliphatic heterocycles. The second kappa shape index (κ2) is 2.66. The first-order chi connectivity index (χ1) is 5.81. The van der Waals surface area contributed by atoms with Gasteiger partial charge in [0.1, 0.15) is 0 Å². The number of nitrogens with zero attached hydrogens (tertiary/aromatic N) is 2. The van der Waals surface area contributed by atoms with Gasteiger partial charge in [-0.05, 0) is 12.1 Å². The lowest BCUT2D eigenvalue weighted by Crippen LogP contribution is -1.86. The summed E-state index contributed by atoms with van der Waals surface area (Å²) in [5.41, 5.74) is 3.29. The molecule has 0 aliphatic rings. The van der Waals surface area contributed by atoms with Crippen LogP contribution in [-0.2, 0) is 13.4 Å². The van der Waals surface area contributed by atoms with Gasteiger partial charge in [0.05, 0.1) is 25.2 Å². The van der Waals surface area contributed by atoms with E-state index in [2.05, 4.69) is 4.98 Å². The lowest BCUT2D eigenvalue weighted by Gasteiger charge is -1.96. The van der Waals surface area contributed by atoms with E-state index in [0.29, 0.717) is 6.32 Å². The fourth-order valence-electron chi connectivity index (χ4n) is 1.31. The Morgan fingerprint density at radius 3 is 3.08 bits per heavy atom. The van der Waals surface area contributed by atoms with E-state index >= 15 is 0 Å². The van der Waals surface area contributed by atoms with Crippen molar-refractivity contribution < 1.29 is 0 Å². The number of hydrogen-bond donors (Lipinski definition) is 0. The highest BCUT2D eigenvalue weighted by Gasteiger charge is 1.98. The topological polar surface area (TPSA) is 17.8 Å². The maximum Gasteiger partial charge on any atom is 0.0955 e. The summed E-state index contributed by atoms with van der Waals surface area (Å²) in [5, 5.41) is 0. The highest BCUT2D eigenvalue weighted by molar-refractivity contribution is 6.08. The van der Waals surface area contributed by atoms with Gasteiger partial charge in [-0.2, -0.15) is 0 Å². The van der Waals surface area contributed by atoms with Crippen LogP contribution in [0, 0.1) is 0 Å². The number of hydrogen-bond acceptors (Lipinski definition) is 1. The molecule has 0 bridgehead atoms. The summed E-state index contributed by atoms with van der Waals surface area (Å²) in [5.74, 6) is 0. The lowest BCUT2D eigenvalue weighted by atomic mass is 9.97. The molecular weight excluding hydrogens is 147 g/mol. The van der Waals surface area contributed by atoms with Crippen molar-refractivity contribution in [3.05, 3.63) is 30.1 Å². The molecule has 12 heavy (non-hydrogen) atoms. The van der Waals surface area contributed by atoms with Crippen molar-refractivity contribution >= 4 is 18.9 Å². The van der Waals surface area contributed by atoms with Crippen LogP contribution >= 0.6 is 0 Å². The Hall–Kier alpha value is -1.25. The summed E-state index contributed by atoms with van der Waals surface area (Å²) in [6, 6.07) is 6.10. The minimum Gasteiger partial charge on any atom is -0.334 e. The van der Waals surface area contributed by atoms with Gasteiger partial charge >= 0.3 is 0 Å². The SMILES string of the molecule is [B]Cc1ccc2c(c1)ncn2C. The van der Waals surface area contributed by atoms with Crippen molar-refractivity contribution in [3.63, 3.8) is 0 Å². The van der Waals surface area contributed by atoms with E-state index in [1.807, 2.05) is 36.1 Å². The van der Waals surface area contributed by atoms with Gasteiger partial charge in [0.15, 0.2) is 0 Å². The Balaban J connectivity index is 2.69. The number of fused-ring (bicyclic) bond motifs is 1. The first-order valence-electron chi connectivity index (χ1n) is 3.91. The van der Waals surface area contributed by atoms with Crippen LogP contribution in [0.5, 0.6) is 0 Å². The zero-order valence-electron chi connectivity index (χ0n) is 6.99. The Bertz CT molecular complexity index is 406. The van der Waals surface area contributed by atoms with Crippen molar-refractivity contribution in [3.8, 4) is 0 Å². The average Bonchev–Trinajstić information content (AvgIpc) is 2.47. The first kappa shape index (κ1) is 7.41. The molecular formula is C9H9BN2. The van der Waals surface area contributed by atoms with Gasteiger partial charge in [-0.25, -0.2) is 4.98 Å². The Morgan fingerprint density at radius 2 is 2.33 bits per heavy atom. The number of aromatic nitrogens is 2.